The summed E-state index contributed by atoms with van der Waals surface area (Å²) in [6, 6.07) is 1.78. The molecule has 0 aromatic carbocycles. The van der Waals surface area contributed by atoms with Gasteiger partial charge in [-0.25, -0.2) is 4.79 Å². The van der Waals surface area contributed by atoms with E-state index in [-0.39, 0.29) is 0 Å². The highest BCUT2D eigenvalue weighted by Crippen LogP contribution is 2.22. The number of likely N-dealkylation sites (N-methyl/N-ethyl adjacent to an activating group) is 1. The fourth-order valence-corrected chi connectivity index (χ4v) is 2.47. The van der Waals surface area contributed by atoms with Gasteiger partial charge in [-0.3, -0.25) is 4.90 Å². The van der Waals surface area contributed by atoms with Crippen molar-refractivity contribution in [3.05, 3.63) is 21.4 Å². The van der Waals surface area contributed by atoms with Crippen molar-refractivity contribution in [3.63, 3.8) is 0 Å². The van der Waals surface area contributed by atoms with E-state index in [9.17, 15) is 4.79 Å². The first-order valence-electron chi connectivity index (χ1n) is 5.62. The number of carboxylic acids is 1. The van der Waals surface area contributed by atoms with Crippen molar-refractivity contribution in [2.24, 2.45) is 0 Å². The van der Waals surface area contributed by atoms with Crippen molar-refractivity contribution in [2.45, 2.75) is 20.4 Å². The first kappa shape index (κ1) is 14.2. The predicted octanol–water partition coefficient (Wildman–Crippen LogP) is 2.22. The van der Waals surface area contributed by atoms with Crippen LogP contribution in [0.4, 0.5) is 0 Å². The summed E-state index contributed by atoms with van der Waals surface area (Å²) in [5.74, 6) is -0.843. The Balaban J connectivity index is 2.68. The Kier molecular flexibility index (Phi) is 5.61. The third-order valence-electron chi connectivity index (χ3n) is 2.68. The number of thiophene rings is 1. The van der Waals surface area contributed by atoms with E-state index in [0.29, 0.717) is 11.5 Å². The lowest BCUT2D eigenvalue weighted by molar-refractivity contribution is 0.0702. The van der Waals surface area contributed by atoms with Crippen LogP contribution in [-0.4, -0.2) is 42.8 Å². The van der Waals surface area contributed by atoms with Crippen LogP contribution in [0.1, 0.15) is 27.0 Å². The van der Waals surface area contributed by atoms with E-state index < -0.39 is 5.97 Å². The lowest BCUT2D eigenvalue weighted by Gasteiger charge is -2.19. The van der Waals surface area contributed by atoms with Crippen molar-refractivity contribution in [1.29, 1.82) is 0 Å². The van der Waals surface area contributed by atoms with Crippen LogP contribution in [0, 0.1) is 6.92 Å². The van der Waals surface area contributed by atoms with E-state index in [4.69, 9.17) is 9.84 Å². The Labute approximate surface area is 106 Å². The average Bonchev–Trinajstić information content (AvgIpc) is 2.66. The van der Waals surface area contributed by atoms with Crippen LogP contribution in [0.15, 0.2) is 6.07 Å². The summed E-state index contributed by atoms with van der Waals surface area (Å²) >= 11 is 1.34. The molecule has 0 saturated carbocycles. The molecule has 1 N–H and O–H groups in total. The van der Waals surface area contributed by atoms with Crippen molar-refractivity contribution < 1.29 is 14.6 Å². The molecule has 0 saturated heterocycles. The summed E-state index contributed by atoms with van der Waals surface area (Å²) in [5.41, 5.74) is 1.10. The molecule has 0 unspecified atom stereocenters. The lowest BCUT2D eigenvalue weighted by atomic mass is 10.2. The van der Waals surface area contributed by atoms with Crippen LogP contribution in [0.2, 0.25) is 0 Å². The minimum Gasteiger partial charge on any atom is -0.477 e. The second kappa shape index (κ2) is 6.74. The van der Waals surface area contributed by atoms with E-state index in [1.165, 1.54) is 11.3 Å². The summed E-state index contributed by atoms with van der Waals surface area (Å²) in [4.78, 5) is 14.6. The molecule has 1 heterocycles. The molecule has 0 aliphatic rings. The normalized spacial score (nSPS) is 11.1. The molecule has 4 nitrogen and oxygen atoms in total. The second-order valence-corrected chi connectivity index (χ2v) is 5.12. The summed E-state index contributed by atoms with van der Waals surface area (Å²) in [7, 11) is 1.69. The van der Waals surface area contributed by atoms with Crippen LogP contribution in [0.25, 0.3) is 0 Å². The summed E-state index contributed by atoms with van der Waals surface area (Å²) in [6.45, 7) is 7.34. The maximum Gasteiger partial charge on any atom is 0.345 e. The quantitative estimate of drug-likeness (QED) is 0.813. The first-order valence-corrected chi connectivity index (χ1v) is 6.44. The van der Waals surface area contributed by atoms with Gasteiger partial charge in [0.15, 0.2) is 0 Å². The fraction of sp³-hybridized carbons (Fsp3) is 0.583. The minimum atomic E-state index is -0.843. The smallest absolute Gasteiger partial charge is 0.345 e. The molecule has 17 heavy (non-hydrogen) atoms. The van der Waals surface area contributed by atoms with Crippen LogP contribution < -0.4 is 0 Å². The number of nitrogens with zero attached hydrogens (tertiary/aromatic N) is 1. The zero-order valence-corrected chi connectivity index (χ0v) is 11.3. The Hall–Kier alpha value is -0.910. The van der Waals surface area contributed by atoms with E-state index in [1.807, 2.05) is 6.92 Å². The Morgan fingerprint density at radius 1 is 1.59 bits per heavy atom. The summed E-state index contributed by atoms with van der Waals surface area (Å²) < 4.78 is 5.05. The lowest BCUT2D eigenvalue weighted by Crippen LogP contribution is -2.26. The standard InChI is InChI=1S/C12H19NO3S/c1-4-13(5-6-16-3)8-10-7-11(12(14)15)17-9(10)2/h7H,4-6,8H2,1-3H3,(H,14,15). The summed E-state index contributed by atoms with van der Waals surface area (Å²) in [5, 5.41) is 8.93. The van der Waals surface area contributed by atoms with Gasteiger partial charge in [-0.05, 0) is 25.1 Å². The van der Waals surface area contributed by atoms with Crippen LogP contribution in [-0.2, 0) is 11.3 Å². The van der Waals surface area contributed by atoms with Gasteiger partial charge in [-0.15, -0.1) is 11.3 Å². The highest BCUT2D eigenvalue weighted by molar-refractivity contribution is 7.14. The van der Waals surface area contributed by atoms with Gasteiger partial charge in [-0.2, -0.15) is 0 Å². The zero-order valence-electron chi connectivity index (χ0n) is 10.5. The third-order valence-corrected chi connectivity index (χ3v) is 3.76. The van der Waals surface area contributed by atoms with Gasteiger partial charge in [0.2, 0.25) is 0 Å². The molecule has 1 rings (SSSR count). The molecule has 1 aromatic rings. The number of carbonyl (C=O) groups is 1. The second-order valence-electron chi connectivity index (χ2n) is 3.86. The monoisotopic (exact) mass is 257 g/mol. The molecule has 0 amide bonds. The Morgan fingerprint density at radius 3 is 2.76 bits per heavy atom. The molecule has 0 fully saturated rings. The molecule has 0 radical (unpaired) electrons. The van der Waals surface area contributed by atoms with Crippen LogP contribution in [0.3, 0.4) is 0 Å². The van der Waals surface area contributed by atoms with Gasteiger partial charge < -0.3 is 9.84 Å². The van der Waals surface area contributed by atoms with Gasteiger partial charge in [0.05, 0.1) is 6.61 Å². The largest absolute Gasteiger partial charge is 0.477 e. The van der Waals surface area contributed by atoms with Gasteiger partial charge in [-0.1, -0.05) is 6.92 Å². The molecule has 0 spiro atoms. The highest BCUT2D eigenvalue weighted by Gasteiger charge is 2.13. The average molecular weight is 257 g/mol. The van der Waals surface area contributed by atoms with Crippen molar-refractivity contribution in [1.82, 2.24) is 4.90 Å². The van der Waals surface area contributed by atoms with Gasteiger partial charge in [0, 0.05) is 25.1 Å². The molecular weight excluding hydrogens is 238 g/mol. The van der Waals surface area contributed by atoms with Gasteiger partial charge in [0.25, 0.3) is 0 Å². The molecule has 5 heteroatoms. The van der Waals surface area contributed by atoms with E-state index >= 15 is 0 Å². The number of carboxylic acid groups (broad SMARTS) is 1. The number of hydrogen-bond donors (Lipinski definition) is 1. The highest BCUT2D eigenvalue weighted by atomic mass is 32.1. The van der Waals surface area contributed by atoms with E-state index in [0.717, 1.165) is 30.1 Å². The molecule has 96 valence electrons. The number of hydrogen-bond acceptors (Lipinski definition) is 4. The van der Waals surface area contributed by atoms with E-state index in [1.54, 1.807) is 13.2 Å². The van der Waals surface area contributed by atoms with Crippen molar-refractivity contribution in [2.75, 3.05) is 26.8 Å². The SMILES string of the molecule is CCN(CCOC)Cc1cc(C(=O)O)sc1C. The number of rotatable bonds is 7. The Morgan fingerprint density at radius 2 is 2.29 bits per heavy atom. The molecular formula is C12H19NO3S. The van der Waals surface area contributed by atoms with Gasteiger partial charge >= 0.3 is 5.97 Å². The zero-order chi connectivity index (χ0) is 12.8. The Bertz CT molecular complexity index is 376. The van der Waals surface area contributed by atoms with Gasteiger partial charge in [0.1, 0.15) is 4.88 Å². The maximum atomic E-state index is 10.9. The molecule has 0 aliphatic heterocycles. The van der Waals surface area contributed by atoms with E-state index in [2.05, 4.69) is 11.8 Å². The van der Waals surface area contributed by atoms with Crippen molar-refractivity contribution >= 4 is 17.3 Å². The minimum absolute atomic E-state index is 0.417. The number of aryl methyl sites for hydroxylation is 1. The van der Waals surface area contributed by atoms with Crippen LogP contribution >= 0.6 is 11.3 Å². The van der Waals surface area contributed by atoms with Crippen LogP contribution in [0.5, 0.6) is 0 Å². The number of methoxy groups -OCH3 is 1. The maximum absolute atomic E-state index is 10.9. The summed E-state index contributed by atoms with van der Waals surface area (Å²) in [6.07, 6.45) is 0. The van der Waals surface area contributed by atoms with Crippen molar-refractivity contribution in [3.8, 4) is 0 Å². The molecule has 0 aliphatic carbocycles. The first-order chi connectivity index (χ1) is 8.08. The topological polar surface area (TPSA) is 49.8 Å². The third kappa shape index (κ3) is 4.11. The fourth-order valence-electron chi connectivity index (χ4n) is 1.59. The predicted molar refractivity (Wildman–Crippen MR) is 68.8 cm³/mol. The number of aromatic carboxylic acids is 1. The molecule has 0 bridgehead atoms. The number of ether oxygens (including phenoxy) is 1. The molecule has 0 atom stereocenters. The molecule has 1 aromatic heterocycles.